The van der Waals surface area contributed by atoms with Crippen LogP contribution in [0.3, 0.4) is 0 Å². The second-order valence-corrected chi connectivity index (χ2v) is 7.23. The van der Waals surface area contributed by atoms with Crippen LogP contribution in [-0.4, -0.2) is 29.7 Å². The van der Waals surface area contributed by atoms with Gasteiger partial charge in [0.15, 0.2) is 5.78 Å². The Morgan fingerprint density at radius 3 is 2.72 bits per heavy atom. The summed E-state index contributed by atoms with van der Waals surface area (Å²) in [4.78, 5) is 27.9. The van der Waals surface area contributed by atoms with Crippen LogP contribution in [0.1, 0.15) is 47.0 Å². The molecule has 2 aromatic rings. The third kappa shape index (κ3) is 4.48. The Morgan fingerprint density at radius 1 is 1.16 bits per heavy atom. The van der Waals surface area contributed by atoms with E-state index in [1.165, 1.54) is 10.4 Å². The highest BCUT2D eigenvalue weighted by Gasteiger charge is 2.21. The molecule has 0 saturated heterocycles. The first-order chi connectivity index (χ1) is 12.2. The molecule has 0 fully saturated rings. The van der Waals surface area contributed by atoms with Crippen molar-refractivity contribution in [3.05, 3.63) is 51.7 Å². The van der Waals surface area contributed by atoms with Gasteiger partial charge < -0.3 is 9.64 Å². The van der Waals surface area contributed by atoms with Crippen LogP contribution >= 0.6 is 11.3 Å². The zero-order chi connectivity index (χ0) is 17.6. The van der Waals surface area contributed by atoms with Crippen LogP contribution in [0.15, 0.2) is 35.7 Å². The Bertz CT molecular complexity index is 736. The van der Waals surface area contributed by atoms with Gasteiger partial charge in [0.25, 0.3) is 0 Å². The molecule has 0 unspecified atom stereocenters. The molecule has 1 amide bonds. The van der Waals surface area contributed by atoms with E-state index in [1.54, 1.807) is 23.5 Å². The molecule has 1 aromatic carbocycles. The Morgan fingerprint density at radius 2 is 1.96 bits per heavy atom. The number of benzene rings is 1. The maximum Gasteiger partial charge on any atom is 0.223 e. The summed E-state index contributed by atoms with van der Waals surface area (Å²) in [6.45, 7) is 4.15. The van der Waals surface area contributed by atoms with Gasteiger partial charge in [-0.15, -0.1) is 11.3 Å². The normalized spacial score (nSPS) is 13.4. The summed E-state index contributed by atoms with van der Waals surface area (Å²) >= 11 is 1.76. The van der Waals surface area contributed by atoms with Crippen molar-refractivity contribution >= 4 is 23.0 Å². The van der Waals surface area contributed by atoms with E-state index in [4.69, 9.17) is 4.74 Å². The minimum atomic E-state index is 0.00335. The van der Waals surface area contributed by atoms with Crippen LogP contribution in [0.25, 0.3) is 0 Å². The van der Waals surface area contributed by atoms with Crippen molar-refractivity contribution in [3.8, 4) is 5.75 Å². The summed E-state index contributed by atoms with van der Waals surface area (Å²) in [5.74, 6) is 0.839. The summed E-state index contributed by atoms with van der Waals surface area (Å²) in [6, 6.07) is 9.26. The van der Waals surface area contributed by atoms with Gasteiger partial charge in [0.05, 0.1) is 6.61 Å². The molecular weight excluding hydrogens is 334 g/mol. The fourth-order valence-electron chi connectivity index (χ4n) is 2.94. The van der Waals surface area contributed by atoms with Crippen LogP contribution in [0.5, 0.6) is 5.75 Å². The molecular formula is C20H23NO3S. The van der Waals surface area contributed by atoms with Crippen molar-refractivity contribution in [2.45, 2.75) is 39.2 Å². The number of amides is 1. The molecule has 25 heavy (non-hydrogen) atoms. The molecule has 3 rings (SSSR count). The van der Waals surface area contributed by atoms with Gasteiger partial charge in [-0.3, -0.25) is 9.59 Å². The summed E-state index contributed by atoms with van der Waals surface area (Å²) in [6.07, 6.45) is 2.39. The van der Waals surface area contributed by atoms with Crippen molar-refractivity contribution < 1.29 is 14.3 Å². The van der Waals surface area contributed by atoms with Gasteiger partial charge >= 0.3 is 0 Å². The van der Waals surface area contributed by atoms with Gasteiger partial charge in [0.2, 0.25) is 5.91 Å². The lowest BCUT2D eigenvalue weighted by molar-refractivity contribution is -0.132. The molecule has 1 aromatic heterocycles. The molecule has 5 heteroatoms. The molecule has 1 aliphatic heterocycles. The fourth-order valence-corrected chi connectivity index (χ4v) is 3.83. The van der Waals surface area contributed by atoms with E-state index in [0.717, 1.165) is 25.1 Å². The van der Waals surface area contributed by atoms with Crippen molar-refractivity contribution in [2.24, 2.45) is 0 Å². The van der Waals surface area contributed by atoms with Gasteiger partial charge in [-0.25, -0.2) is 0 Å². The van der Waals surface area contributed by atoms with Gasteiger partial charge in [-0.2, -0.15) is 0 Å². The number of thiophene rings is 1. The fraction of sp³-hybridized carbons (Fsp3) is 0.400. The van der Waals surface area contributed by atoms with E-state index in [2.05, 4.69) is 18.4 Å². The standard InChI is InChI=1S/C20H23NO3S/c1-2-12-24-17-5-3-15(4-6-17)18(22)7-8-20(23)21-11-9-19-16(14-21)10-13-25-19/h3-6,10,13H,2,7-9,11-12,14H2,1H3. The molecule has 4 nitrogen and oxygen atoms in total. The van der Waals surface area contributed by atoms with Crippen molar-refractivity contribution in [1.29, 1.82) is 0 Å². The number of rotatable bonds is 7. The zero-order valence-electron chi connectivity index (χ0n) is 14.5. The molecule has 0 radical (unpaired) electrons. The average Bonchev–Trinajstić information content (AvgIpc) is 3.12. The predicted octanol–water partition coefficient (Wildman–Crippen LogP) is 4.08. The second kappa shape index (κ2) is 8.30. The van der Waals surface area contributed by atoms with Gasteiger partial charge in [0, 0.05) is 36.4 Å². The third-order valence-corrected chi connectivity index (χ3v) is 5.40. The highest BCUT2D eigenvalue weighted by Crippen LogP contribution is 2.24. The molecule has 0 saturated carbocycles. The SMILES string of the molecule is CCCOc1ccc(C(=O)CCC(=O)N2CCc3sccc3C2)cc1. The Hall–Kier alpha value is -2.14. The molecule has 0 aliphatic carbocycles. The molecule has 0 spiro atoms. The first-order valence-corrected chi connectivity index (χ1v) is 9.64. The Kier molecular flexibility index (Phi) is 5.87. The number of ketones is 1. The van der Waals surface area contributed by atoms with Crippen molar-refractivity contribution in [2.75, 3.05) is 13.2 Å². The number of hydrogen-bond acceptors (Lipinski definition) is 4. The van der Waals surface area contributed by atoms with Crippen LogP contribution < -0.4 is 4.74 Å². The minimum Gasteiger partial charge on any atom is -0.494 e. The molecule has 0 atom stereocenters. The summed E-state index contributed by atoms with van der Waals surface area (Å²) in [5.41, 5.74) is 1.88. The van der Waals surface area contributed by atoms with Crippen LogP contribution in [0.4, 0.5) is 0 Å². The quantitative estimate of drug-likeness (QED) is 0.701. The molecule has 0 bridgehead atoms. The average molecular weight is 357 g/mol. The number of hydrogen-bond donors (Lipinski definition) is 0. The van der Waals surface area contributed by atoms with E-state index in [0.29, 0.717) is 18.7 Å². The Labute approximate surface area is 152 Å². The summed E-state index contributed by atoms with van der Waals surface area (Å²) in [7, 11) is 0. The Balaban J connectivity index is 1.49. The maximum absolute atomic E-state index is 12.4. The first-order valence-electron chi connectivity index (χ1n) is 8.76. The van der Waals surface area contributed by atoms with Crippen molar-refractivity contribution in [1.82, 2.24) is 4.90 Å². The highest BCUT2D eigenvalue weighted by atomic mass is 32.1. The van der Waals surface area contributed by atoms with E-state index >= 15 is 0 Å². The van der Waals surface area contributed by atoms with E-state index < -0.39 is 0 Å². The smallest absolute Gasteiger partial charge is 0.223 e. The maximum atomic E-state index is 12.4. The number of fused-ring (bicyclic) bond motifs is 1. The zero-order valence-corrected chi connectivity index (χ0v) is 15.3. The first kappa shape index (κ1) is 17.7. The van der Waals surface area contributed by atoms with Crippen LogP contribution in [0.2, 0.25) is 0 Å². The molecule has 132 valence electrons. The minimum absolute atomic E-state index is 0.00335. The predicted molar refractivity (Wildman–Crippen MR) is 99.2 cm³/mol. The third-order valence-electron chi connectivity index (χ3n) is 4.38. The molecule has 0 N–H and O–H groups in total. The lowest BCUT2D eigenvalue weighted by atomic mass is 10.0. The monoisotopic (exact) mass is 357 g/mol. The van der Waals surface area contributed by atoms with Crippen LogP contribution in [-0.2, 0) is 17.8 Å². The highest BCUT2D eigenvalue weighted by molar-refractivity contribution is 7.10. The van der Waals surface area contributed by atoms with Gasteiger partial charge in [-0.1, -0.05) is 6.92 Å². The number of nitrogens with zero attached hydrogens (tertiary/aromatic N) is 1. The van der Waals surface area contributed by atoms with Gasteiger partial charge in [0.1, 0.15) is 5.75 Å². The topological polar surface area (TPSA) is 46.6 Å². The van der Waals surface area contributed by atoms with Gasteiger partial charge in [-0.05, 0) is 54.1 Å². The second-order valence-electron chi connectivity index (χ2n) is 6.23. The number of ether oxygens (including phenoxy) is 1. The molecule has 2 heterocycles. The number of carbonyl (C=O) groups is 2. The largest absolute Gasteiger partial charge is 0.494 e. The number of carbonyl (C=O) groups excluding carboxylic acids is 2. The van der Waals surface area contributed by atoms with Crippen LogP contribution in [0, 0.1) is 0 Å². The number of Topliss-reactive ketones (excluding diaryl/α,β-unsaturated/α-hetero) is 1. The van der Waals surface area contributed by atoms with E-state index in [1.807, 2.05) is 17.0 Å². The lowest BCUT2D eigenvalue weighted by Gasteiger charge is -2.27. The lowest BCUT2D eigenvalue weighted by Crippen LogP contribution is -2.35. The van der Waals surface area contributed by atoms with Crippen molar-refractivity contribution in [3.63, 3.8) is 0 Å². The molecule has 1 aliphatic rings. The summed E-state index contributed by atoms with van der Waals surface area (Å²) < 4.78 is 5.52. The van der Waals surface area contributed by atoms with E-state index in [9.17, 15) is 9.59 Å². The summed E-state index contributed by atoms with van der Waals surface area (Å²) in [5, 5.41) is 2.08. The van der Waals surface area contributed by atoms with E-state index in [-0.39, 0.29) is 24.5 Å².